The van der Waals surface area contributed by atoms with E-state index in [9.17, 15) is 4.79 Å². The summed E-state index contributed by atoms with van der Waals surface area (Å²) in [4.78, 5) is 21.4. The number of amides is 1. The van der Waals surface area contributed by atoms with Gasteiger partial charge in [-0.25, -0.2) is 4.98 Å². The van der Waals surface area contributed by atoms with E-state index in [1.807, 2.05) is 47.2 Å². The third-order valence-electron chi connectivity index (χ3n) is 5.04. The number of halogens is 2. The molecule has 0 radical (unpaired) electrons. The van der Waals surface area contributed by atoms with Crippen LogP contribution in [0.1, 0.15) is 10.4 Å². The number of carbonyl (C=O) groups excluding carboxylic acids is 1. The Kier molecular flexibility index (Phi) is 5.69. The van der Waals surface area contributed by atoms with Crippen LogP contribution < -0.4 is 10.1 Å². The number of nitrogens with zero attached hydrogens (tertiary/aromatic N) is 3. The molecule has 5 rings (SSSR count). The van der Waals surface area contributed by atoms with E-state index in [2.05, 4.69) is 15.3 Å². The fraction of sp³-hybridized carbons (Fsp3) is 0. The zero-order valence-electron chi connectivity index (χ0n) is 17.1. The normalized spacial score (nSPS) is 10.8. The van der Waals surface area contributed by atoms with E-state index in [-0.39, 0.29) is 15.6 Å². The van der Waals surface area contributed by atoms with Crippen LogP contribution in [0.4, 0.5) is 5.69 Å². The summed E-state index contributed by atoms with van der Waals surface area (Å²) in [5, 5.41) is 4.16. The molecular formula is C25H16Cl2N4O2. The molecule has 8 heteroatoms. The topological polar surface area (TPSA) is 69.0 Å². The molecular weight excluding hydrogens is 459 g/mol. The number of carbonyl (C=O) groups is 1. The van der Waals surface area contributed by atoms with E-state index in [1.54, 1.807) is 49.1 Å². The second-order valence-electron chi connectivity index (χ2n) is 7.13. The second-order valence-corrected chi connectivity index (χ2v) is 7.94. The number of pyridine rings is 1. The van der Waals surface area contributed by atoms with Crippen molar-refractivity contribution < 1.29 is 9.53 Å². The lowest BCUT2D eigenvalue weighted by Gasteiger charge is -2.13. The monoisotopic (exact) mass is 474 g/mol. The molecule has 2 heterocycles. The Hall–Kier alpha value is -3.87. The van der Waals surface area contributed by atoms with Crippen molar-refractivity contribution >= 4 is 45.7 Å². The van der Waals surface area contributed by atoms with Gasteiger partial charge in [-0.2, -0.15) is 0 Å². The first kappa shape index (κ1) is 21.0. The number of ether oxygens (including phenoxy) is 1. The molecule has 3 aromatic carbocycles. The summed E-state index contributed by atoms with van der Waals surface area (Å²) in [5.74, 6) is 0.868. The van der Waals surface area contributed by atoms with Gasteiger partial charge in [0.25, 0.3) is 5.91 Å². The number of hydrogen-bond donors (Lipinski definition) is 1. The molecule has 162 valence electrons. The average molecular weight is 475 g/mol. The van der Waals surface area contributed by atoms with E-state index in [0.717, 1.165) is 11.1 Å². The molecule has 0 bridgehead atoms. The van der Waals surface area contributed by atoms with Gasteiger partial charge in [-0.3, -0.25) is 9.78 Å². The zero-order chi connectivity index (χ0) is 22.8. The molecule has 1 N–H and O–H groups in total. The summed E-state index contributed by atoms with van der Waals surface area (Å²) in [5.41, 5.74) is 2.29. The largest absolute Gasteiger partial charge is 0.457 e. The standard InChI is InChI=1S/C25H16Cl2N4O2/c26-19-4-2-5-20(27)23(19)25(32)30-21-6-1-3-18-22(11-12-29-24(18)21)33-17-9-7-16(8-10-17)31-14-13-28-15-31/h1-15H,(H,30,32). The average Bonchev–Trinajstić information content (AvgIpc) is 3.35. The van der Waals surface area contributed by atoms with Crippen LogP contribution in [0.5, 0.6) is 11.5 Å². The molecule has 0 atom stereocenters. The molecule has 0 fully saturated rings. The van der Waals surface area contributed by atoms with E-state index in [1.165, 1.54) is 0 Å². The van der Waals surface area contributed by atoms with Crippen molar-refractivity contribution in [3.63, 3.8) is 0 Å². The van der Waals surface area contributed by atoms with Gasteiger partial charge in [-0.05, 0) is 54.6 Å². The maximum Gasteiger partial charge on any atom is 0.258 e. The van der Waals surface area contributed by atoms with Crippen molar-refractivity contribution in [2.45, 2.75) is 0 Å². The Labute approximate surface area is 199 Å². The van der Waals surface area contributed by atoms with Crippen molar-refractivity contribution in [2.75, 3.05) is 5.32 Å². The van der Waals surface area contributed by atoms with Gasteiger partial charge in [0.1, 0.15) is 11.5 Å². The minimum Gasteiger partial charge on any atom is -0.457 e. The minimum absolute atomic E-state index is 0.211. The highest BCUT2D eigenvalue weighted by Gasteiger charge is 2.17. The van der Waals surface area contributed by atoms with E-state index < -0.39 is 5.91 Å². The number of imidazole rings is 1. The molecule has 0 aliphatic carbocycles. The predicted octanol–water partition coefficient (Wildman–Crippen LogP) is 6.77. The van der Waals surface area contributed by atoms with Crippen LogP contribution in [0.2, 0.25) is 10.0 Å². The lowest BCUT2D eigenvalue weighted by molar-refractivity contribution is 0.102. The van der Waals surface area contributed by atoms with Crippen LogP contribution in [0, 0.1) is 0 Å². The summed E-state index contributed by atoms with van der Waals surface area (Å²) < 4.78 is 8.04. The number of rotatable bonds is 5. The highest BCUT2D eigenvalue weighted by Crippen LogP contribution is 2.33. The van der Waals surface area contributed by atoms with Crippen LogP contribution in [-0.4, -0.2) is 20.4 Å². The van der Waals surface area contributed by atoms with Gasteiger partial charge in [0.05, 0.1) is 33.1 Å². The molecule has 0 saturated heterocycles. The highest BCUT2D eigenvalue weighted by atomic mass is 35.5. The fourth-order valence-corrected chi connectivity index (χ4v) is 4.03. The molecule has 0 saturated carbocycles. The number of anilines is 1. The van der Waals surface area contributed by atoms with E-state index >= 15 is 0 Å². The van der Waals surface area contributed by atoms with Crippen LogP contribution in [-0.2, 0) is 0 Å². The Morgan fingerprint density at radius 3 is 2.39 bits per heavy atom. The molecule has 0 unspecified atom stereocenters. The van der Waals surface area contributed by atoms with E-state index in [0.29, 0.717) is 22.7 Å². The number of aromatic nitrogens is 3. The first-order valence-electron chi connectivity index (χ1n) is 9.99. The fourth-order valence-electron chi connectivity index (χ4n) is 3.47. The smallest absolute Gasteiger partial charge is 0.258 e. The SMILES string of the molecule is O=C(Nc1cccc2c(Oc3ccc(-n4ccnc4)cc3)ccnc12)c1c(Cl)cccc1Cl. The Morgan fingerprint density at radius 1 is 0.909 bits per heavy atom. The van der Waals surface area contributed by atoms with Gasteiger partial charge in [-0.15, -0.1) is 0 Å². The van der Waals surface area contributed by atoms with Gasteiger partial charge in [-0.1, -0.05) is 35.3 Å². The maximum atomic E-state index is 12.9. The molecule has 0 aliphatic heterocycles. The van der Waals surface area contributed by atoms with Crippen molar-refractivity contribution in [2.24, 2.45) is 0 Å². The lowest BCUT2D eigenvalue weighted by atomic mass is 10.1. The van der Waals surface area contributed by atoms with Crippen LogP contribution in [0.3, 0.4) is 0 Å². The molecule has 0 spiro atoms. The van der Waals surface area contributed by atoms with Gasteiger partial charge in [0.15, 0.2) is 0 Å². The molecule has 1 amide bonds. The Balaban J connectivity index is 1.44. The van der Waals surface area contributed by atoms with Crippen molar-refractivity contribution in [1.29, 1.82) is 0 Å². The second kappa shape index (κ2) is 8.94. The summed E-state index contributed by atoms with van der Waals surface area (Å²) in [6.45, 7) is 0. The molecule has 0 aliphatic rings. The molecule has 6 nitrogen and oxygen atoms in total. The number of hydrogen-bond acceptors (Lipinski definition) is 4. The molecule has 5 aromatic rings. The Bertz CT molecular complexity index is 1430. The van der Waals surface area contributed by atoms with Gasteiger partial charge in [0.2, 0.25) is 0 Å². The third-order valence-corrected chi connectivity index (χ3v) is 5.67. The first-order chi connectivity index (χ1) is 16.1. The van der Waals surface area contributed by atoms with Crippen molar-refractivity contribution in [3.05, 3.63) is 107 Å². The zero-order valence-corrected chi connectivity index (χ0v) is 18.6. The summed E-state index contributed by atoms with van der Waals surface area (Å²) >= 11 is 12.4. The number of nitrogens with one attached hydrogen (secondary N) is 1. The summed E-state index contributed by atoms with van der Waals surface area (Å²) in [6.07, 6.45) is 6.97. The summed E-state index contributed by atoms with van der Waals surface area (Å²) in [6, 6.07) is 19.8. The van der Waals surface area contributed by atoms with Crippen molar-refractivity contribution in [1.82, 2.24) is 14.5 Å². The van der Waals surface area contributed by atoms with Crippen molar-refractivity contribution in [3.8, 4) is 17.2 Å². The van der Waals surface area contributed by atoms with E-state index in [4.69, 9.17) is 27.9 Å². The van der Waals surface area contributed by atoms with Crippen LogP contribution in [0.25, 0.3) is 16.6 Å². The summed E-state index contributed by atoms with van der Waals surface area (Å²) in [7, 11) is 0. The van der Waals surface area contributed by atoms with Gasteiger partial charge < -0.3 is 14.6 Å². The lowest BCUT2D eigenvalue weighted by Crippen LogP contribution is -2.13. The quantitative estimate of drug-likeness (QED) is 0.305. The predicted molar refractivity (Wildman–Crippen MR) is 130 cm³/mol. The third kappa shape index (κ3) is 4.26. The van der Waals surface area contributed by atoms with Crippen LogP contribution in [0.15, 0.2) is 91.6 Å². The molecule has 2 aromatic heterocycles. The number of benzene rings is 3. The maximum absolute atomic E-state index is 12.9. The van der Waals surface area contributed by atoms with Crippen LogP contribution >= 0.6 is 23.2 Å². The number of para-hydroxylation sites is 1. The number of fused-ring (bicyclic) bond motifs is 1. The molecule has 33 heavy (non-hydrogen) atoms. The van der Waals surface area contributed by atoms with Gasteiger partial charge >= 0.3 is 0 Å². The van der Waals surface area contributed by atoms with Gasteiger partial charge in [0, 0.05) is 29.7 Å². The minimum atomic E-state index is -0.415. The first-order valence-corrected chi connectivity index (χ1v) is 10.7. The highest BCUT2D eigenvalue weighted by molar-refractivity contribution is 6.40. The Morgan fingerprint density at radius 2 is 1.67 bits per heavy atom.